The van der Waals surface area contributed by atoms with Crippen LogP contribution in [0.4, 0.5) is 13.2 Å². The summed E-state index contributed by atoms with van der Waals surface area (Å²) in [4.78, 5) is 59.7. The van der Waals surface area contributed by atoms with Gasteiger partial charge in [0.1, 0.15) is 4.88 Å². The van der Waals surface area contributed by atoms with E-state index in [1.165, 1.54) is 23.6 Å². The second-order valence-corrected chi connectivity index (χ2v) is 12.9. The van der Waals surface area contributed by atoms with Gasteiger partial charge in [-0.25, -0.2) is 0 Å². The van der Waals surface area contributed by atoms with Gasteiger partial charge in [-0.3, -0.25) is 24.2 Å². The average Bonchev–Trinajstić information content (AvgIpc) is 3.24. The summed E-state index contributed by atoms with van der Waals surface area (Å²) in [5.74, 6) is -1.65. The number of likely N-dealkylation sites (tertiary alicyclic amines) is 2. The molecule has 1 spiro atoms. The summed E-state index contributed by atoms with van der Waals surface area (Å²) in [6, 6.07) is 3.11. The number of hydrogen-bond donors (Lipinski definition) is 1. The number of amides is 3. The smallest absolute Gasteiger partial charge is 0.349 e. The predicted octanol–water partition coefficient (Wildman–Crippen LogP) is 3.69. The molecule has 0 radical (unpaired) electrons. The van der Waals surface area contributed by atoms with Gasteiger partial charge in [-0.1, -0.05) is 31.5 Å². The molecule has 40 heavy (non-hydrogen) atoms. The lowest BCUT2D eigenvalue weighted by Crippen LogP contribution is -2.64. The van der Waals surface area contributed by atoms with Crippen molar-refractivity contribution in [3.8, 4) is 0 Å². The molecule has 2 aliphatic heterocycles. The topological polar surface area (TPSA) is 99.7 Å². The van der Waals surface area contributed by atoms with Gasteiger partial charge < -0.3 is 15.1 Å². The van der Waals surface area contributed by atoms with Gasteiger partial charge in [0.25, 0.3) is 5.91 Å². The number of ketones is 1. The SMILES string of the molecule is CC1(C)C[C@@H]1C(=O)N1CC2(CN(C(=O)c3cncs3)CC2C(=O)NCC(=O)Cc2ccc(C(F)(F)F)c(Cl)c2)C1. The third-order valence-electron chi connectivity index (χ3n) is 8.23. The Labute approximate surface area is 237 Å². The maximum Gasteiger partial charge on any atom is 0.417 e. The van der Waals surface area contributed by atoms with E-state index < -0.39 is 39.8 Å². The lowest BCUT2D eigenvalue weighted by molar-refractivity contribution is -0.151. The van der Waals surface area contributed by atoms with Crippen molar-refractivity contribution < 1.29 is 32.3 Å². The Morgan fingerprint density at radius 3 is 2.38 bits per heavy atom. The molecule has 1 saturated carbocycles. The Kier molecular flexibility index (Phi) is 7.23. The first-order chi connectivity index (χ1) is 18.7. The first-order valence-electron chi connectivity index (χ1n) is 12.8. The van der Waals surface area contributed by atoms with Gasteiger partial charge in [0.2, 0.25) is 11.8 Å². The van der Waals surface area contributed by atoms with Crippen LogP contribution in [-0.2, 0) is 27.0 Å². The highest BCUT2D eigenvalue weighted by atomic mass is 35.5. The molecule has 1 aromatic carbocycles. The fourth-order valence-electron chi connectivity index (χ4n) is 5.76. The summed E-state index contributed by atoms with van der Waals surface area (Å²) in [5.41, 5.74) is 0.217. The largest absolute Gasteiger partial charge is 0.417 e. The summed E-state index contributed by atoms with van der Waals surface area (Å²) in [6.07, 6.45) is -2.51. The molecule has 1 N–H and O–H groups in total. The van der Waals surface area contributed by atoms with Crippen molar-refractivity contribution in [3.05, 3.63) is 50.9 Å². The Bertz CT molecular complexity index is 1360. The summed E-state index contributed by atoms with van der Waals surface area (Å²) >= 11 is 6.95. The zero-order valence-corrected chi connectivity index (χ0v) is 23.5. The van der Waals surface area contributed by atoms with Gasteiger partial charge in [-0.05, 0) is 29.5 Å². The van der Waals surface area contributed by atoms with Crippen LogP contribution in [-0.4, -0.2) is 71.0 Å². The van der Waals surface area contributed by atoms with Crippen molar-refractivity contribution in [1.82, 2.24) is 20.1 Å². The number of nitrogens with one attached hydrogen (secondary N) is 1. The lowest BCUT2D eigenvalue weighted by Gasteiger charge is -2.50. The number of aromatic nitrogens is 1. The van der Waals surface area contributed by atoms with Crippen LogP contribution in [0.5, 0.6) is 0 Å². The molecule has 3 aliphatic rings. The zero-order chi connectivity index (χ0) is 29.0. The quantitative estimate of drug-likeness (QED) is 0.526. The molecule has 1 aromatic heterocycles. The number of carbonyl (C=O) groups is 4. The van der Waals surface area contributed by atoms with Crippen LogP contribution in [0.25, 0.3) is 0 Å². The van der Waals surface area contributed by atoms with Gasteiger partial charge in [0, 0.05) is 43.9 Å². The number of thiazole rings is 1. The molecule has 3 heterocycles. The van der Waals surface area contributed by atoms with Crippen LogP contribution in [0.1, 0.15) is 41.1 Å². The summed E-state index contributed by atoms with van der Waals surface area (Å²) in [6.45, 7) is 4.90. The van der Waals surface area contributed by atoms with Crippen LogP contribution >= 0.6 is 22.9 Å². The van der Waals surface area contributed by atoms with Crippen LogP contribution in [0, 0.1) is 22.7 Å². The number of benzene rings is 1. The third kappa shape index (κ3) is 5.47. The van der Waals surface area contributed by atoms with Crippen LogP contribution in [0.3, 0.4) is 0 Å². The number of carbonyl (C=O) groups excluding carboxylic acids is 4. The maximum atomic E-state index is 13.3. The van der Waals surface area contributed by atoms with Crippen LogP contribution < -0.4 is 5.32 Å². The highest BCUT2D eigenvalue weighted by Crippen LogP contribution is 2.54. The number of halogens is 4. The molecular weight excluding hydrogens is 569 g/mol. The molecule has 1 unspecified atom stereocenters. The minimum absolute atomic E-state index is 0.0296. The van der Waals surface area contributed by atoms with Gasteiger partial charge >= 0.3 is 6.18 Å². The van der Waals surface area contributed by atoms with Gasteiger partial charge in [-0.15, -0.1) is 11.3 Å². The minimum atomic E-state index is -4.60. The molecule has 2 atom stereocenters. The molecule has 8 nitrogen and oxygen atoms in total. The summed E-state index contributed by atoms with van der Waals surface area (Å²) in [7, 11) is 0. The van der Waals surface area contributed by atoms with E-state index in [1.807, 2.05) is 13.8 Å². The van der Waals surface area contributed by atoms with Crippen LogP contribution in [0.2, 0.25) is 5.02 Å². The standard InChI is InChI=1S/C27H28ClF3N4O4S/c1-25(2)7-18(25)23(38)35-12-26(13-35)11-34(24(39)21-9-32-14-40-21)10-19(26)22(37)33-8-16(36)5-15-3-4-17(20(28)6-15)27(29,30)31/h3-4,6,9,14,18-19H,5,7-8,10-13H2,1-2H3,(H,33,37)/t18-,19?/m1/s1. The monoisotopic (exact) mass is 596 g/mol. The maximum absolute atomic E-state index is 13.3. The first-order valence-corrected chi connectivity index (χ1v) is 14.1. The predicted molar refractivity (Wildman–Crippen MR) is 141 cm³/mol. The second-order valence-electron chi connectivity index (χ2n) is 11.7. The van der Waals surface area contributed by atoms with Gasteiger partial charge in [-0.2, -0.15) is 13.2 Å². The third-order valence-corrected chi connectivity index (χ3v) is 9.30. The van der Waals surface area contributed by atoms with Crippen molar-refractivity contribution in [1.29, 1.82) is 0 Å². The van der Waals surface area contributed by atoms with E-state index in [-0.39, 0.29) is 42.7 Å². The Hall–Kier alpha value is -2.99. The van der Waals surface area contributed by atoms with E-state index in [4.69, 9.17) is 11.6 Å². The average molecular weight is 597 g/mol. The van der Waals surface area contributed by atoms with Crippen molar-refractivity contribution >= 4 is 46.4 Å². The Morgan fingerprint density at radius 1 is 1.12 bits per heavy atom. The van der Waals surface area contributed by atoms with Crippen molar-refractivity contribution in [2.75, 3.05) is 32.7 Å². The van der Waals surface area contributed by atoms with E-state index in [9.17, 15) is 32.3 Å². The van der Waals surface area contributed by atoms with Crippen molar-refractivity contribution in [2.45, 2.75) is 32.9 Å². The number of alkyl halides is 3. The van der Waals surface area contributed by atoms with E-state index in [0.29, 0.717) is 30.1 Å². The molecule has 3 amide bonds. The Morgan fingerprint density at radius 2 is 1.80 bits per heavy atom. The number of Topliss-reactive ketones (excluding diaryl/α,β-unsaturated/α-hetero) is 1. The summed E-state index contributed by atoms with van der Waals surface area (Å²) in [5, 5.41) is 2.15. The van der Waals surface area contributed by atoms with E-state index >= 15 is 0 Å². The molecular formula is C27H28ClF3N4O4S. The van der Waals surface area contributed by atoms with Crippen molar-refractivity contribution in [2.24, 2.45) is 22.7 Å². The van der Waals surface area contributed by atoms with Crippen molar-refractivity contribution in [3.63, 3.8) is 0 Å². The highest BCUT2D eigenvalue weighted by Gasteiger charge is 2.61. The number of nitrogens with zero attached hydrogens (tertiary/aromatic N) is 3. The molecule has 1 aliphatic carbocycles. The van der Waals surface area contributed by atoms with E-state index in [2.05, 4.69) is 10.3 Å². The van der Waals surface area contributed by atoms with Crippen LogP contribution in [0.15, 0.2) is 29.9 Å². The summed E-state index contributed by atoms with van der Waals surface area (Å²) < 4.78 is 38.9. The molecule has 2 saturated heterocycles. The zero-order valence-electron chi connectivity index (χ0n) is 21.9. The van der Waals surface area contributed by atoms with Gasteiger partial charge in [0.05, 0.1) is 34.8 Å². The number of rotatable bonds is 7. The molecule has 0 bridgehead atoms. The van der Waals surface area contributed by atoms with E-state index in [0.717, 1.165) is 18.6 Å². The van der Waals surface area contributed by atoms with E-state index in [1.54, 1.807) is 15.3 Å². The molecule has 13 heteroatoms. The fraction of sp³-hybridized carbons (Fsp3) is 0.519. The fourth-order valence-corrected chi connectivity index (χ4v) is 6.66. The second kappa shape index (κ2) is 10.1. The lowest BCUT2D eigenvalue weighted by atomic mass is 9.71. The normalized spacial score (nSPS) is 22.6. The number of hydrogen-bond acceptors (Lipinski definition) is 6. The molecule has 3 fully saturated rings. The molecule has 2 aromatic rings. The molecule has 214 valence electrons. The Balaban J connectivity index is 1.23. The molecule has 5 rings (SSSR count). The minimum Gasteiger partial charge on any atom is -0.349 e. The highest BCUT2D eigenvalue weighted by molar-refractivity contribution is 7.11. The van der Waals surface area contributed by atoms with Gasteiger partial charge in [0.15, 0.2) is 5.78 Å². The first kappa shape index (κ1) is 28.5.